The van der Waals surface area contributed by atoms with Gasteiger partial charge in [-0.3, -0.25) is 4.72 Å². The molecule has 0 aromatic heterocycles. The highest BCUT2D eigenvalue weighted by atomic mass is 32.2. The molecule has 2 aromatic rings. The molecule has 0 unspecified atom stereocenters. The molecule has 5 heteroatoms. The van der Waals surface area contributed by atoms with Crippen molar-refractivity contribution in [3.05, 3.63) is 53.6 Å². The number of benzene rings is 2. The number of hydrogen-bond acceptors (Lipinski definition) is 3. The molecule has 0 aliphatic rings. The number of aryl methyl sites for hydroxylation is 1. The van der Waals surface area contributed by atoms with Crippen molar-refractivity contribution < 1.29 is 13.2 Å². The van der Waals surface area contributed by atoms with Crippen LogP contribution in [-0.2, 0) is 10.0 Å². The van der Waals surface area contributed by atoms with Crippen LogP contribution >= 0.6 is 0 Å². The molecular weight excluding hydrogens is 298 g/mol. The lowest BCUT2D eigenvalue weighted by Crippen LogP contribution is -2.14. The summed E-state index contributed by atoms with van der Waals surface area (Å²) in [5, 5.41) is 0. The zero-order valence-electron chi connectivity index (χ0n) is 13.3. The van der Waals surface area contributed by atoms with Gasteiger partial charge in [0, 0.05) is 0 Å². The van der Waals surface area contributed by atoms with Crippen molar-refractivity contribution >= 4 is 15.7 Å². The molecule has 0 bridgehead atoms. The molecule has 2 rings (SSSR count). The predicted molar refractivity (Wildman–Crippen MR) is 89.1 cm³/mol. The molecule has 0 fully saturated rings. The molecule has 0 radical (unpaired) electrons. The summed E-state index contributed by atoms with van der Waals surface area (Å²) in [5.41, 5.74) is 2.34. The minimum Gasteiger partial charge on any atom is -0.496 e. The third-order valence-electron chi connectivity index (χ3n) is 3.52. The highest BCUT2D eigenvalue weighted by molar-refractivity contribution is 7.92. The molecule has 0 amide bonds. The third kappa shape index (κ3) is 3.42. The summed E-state index contributed by atoms with van der Waals surface area (Å²) in [5.74, 6) is 0.869. The number of nitrogens with one attached hydrogen (secondary N) is 1. The monoisotopic (exact) mass is 319 g/mol. The Balaban J connectivity index is 2.42. The van der Waals surface area contributed by atoms with Crippen molar-refractivity contribution in [2.45, 2.75) is 31.6 Å². The van der Waals surface area contributed by atoms with E-state index in [4.69, 9.17) is 4.74 Å². The SMILES string of the molecule is COc1ccc(S(=O)(=O)Nc2ccccc2C)cc1C(C)C. The van der Waals surface area contributed by atoms with Crippen molar-refractivity contribution in [2.24, 2.45) is 0 Å². The second-order valence-corrected chi connectivity index (χ2v) is 7.16. The zero-order valence-corrected chi connectivity index (χ0v) is 14.1. The molecule has 0 saturated heterocycles. The molecule has 0 saturated carbocycles. The number of ether oxygens (including phenoxy) is 1. The molecule has 4 nitrogen and oxygen atoms in total. The Bertz CT molecular complexity index is 767. The number of methoxy groups -OCH3 is 1. The topological polar surface area (TPSA) is 55.4 Å². The van der Waals surface area contributed by atoms with Gasteiger partial charge in [0.05, 0.1) is 17.7 Å². The molecule has 0 aliphatic heterocycles. The van der Waals surface area contributed by atoms with Crippen LogP contribution in [0.4, 0.5) is 5.69 Å². The van der Waals surface area contributed by atoms with Crippen molar-refractivity contribution in [1.82, 2.24) is 0 Å². The number of sulfonamides is 1. The fraction of sp³-hybridized carbons (Fsp3) is 0.294. The van der Waals surface area contributed by atoms with Crippen LogP contribution in [0.15, 0.2) is 47.4 Å². The second kappa shape index (κ2) is 6.40. The number of hydrogen-bond donors (Lipinski definition) is 1. The maximum absolute atomic E-state index is 12.6. The predicted octanol–water partition coefficient (Wildman–Crippen LogP) is 3.93. The van der Waals surface area contributed by atoms with Gasteiger partial charge in [-0.15, -0.1) is 0 Å². The largest absolute Gasteiger partial charge is 0.496 e. The van der Waals surface area contributed by atoms with Gasteiger partial charge in [0.25, 0.3) is 10.0 Å². The molecule has 0 atom stereocenters. The highest BCUT2D eigenvalue weighted by Crippen LogP contribution is 2.29. The maximum Gasteiger partial charge on any atom is 0.261 e. The van der Waals surface area contributed by atoms with Gasteiger partial charge in [-0.1, -0.05) is 32.0 Å². The molecule has 0 aliphatic carbocycles. The smallest absolute Gasteiger partial charge is 0.261 e. The van der Waals surface area contributed by atoms with E-state index in [9.17, 15) is 8.42 Å². The van der Waals surface area contributed by atoms with Gasteiger partial charge in [0.15, 0.2) is 0 Å². The van der Waals surface area contributed by atoms with E-state index in [0.29, 0.717) is 11.4 Å². The van der Waals surface area contributed by atoms with Crippen molar-refractivity contribution in [2.75, 3.05) is 11.8 Å². The van der Waals surface area contributed by atoms with E-state index in [0.717, 1.165) is 11.1 Å². The molecule has 1 N–H and O–H groups in total. The van der Waals surface area contributed by atoms with Gasteiger partial charge in [0.1, 0.15) is 5.75 Å². The first-order valence-electron chi connectivity index (χ1n) is 7.11. The van der Waals surface area contributed by atoms with Gasteiger partial charge in [-0.25, -0.2) is 8.42 Å². The number of anilines is 1. The van der Waals surface area contributed by atoms with Crippen LogP contribution in [0.5, 0.6) is 5.75 Å². The minimum atomic E-state index is -3.62. The highest BCUT2D eigenvalue weighted by Gasteiger charge is 2.18. The Morgan fingerprint density at radius 3 is 2.36 bits per heavy atom. The molecular formula is C17H21NO3S. The first-order valence-corrected chi connectivity index (χ1v) is 8.60. The Hall–Kier alpha value is -2.01. The lowest BCUT2D eigenvalue weighted by atomic mass is 10.0. The standard InChI is InChI=1S/C17H21NO3S/c1-12(2)15-11-14(9-10-17(15)21-4)22(19,20)18-16-8-6-5-7-13(16)3/h5-12,18H,1-4H3. The van der Waals surface area contributed by atoms with Crippen LogP contribution in [0.3, 0.4) is 0 Å². The van der Waals surface area contributed by atoms with E-state index in [1.165, 1.54) is 0 Å². The first-order chi connectivity index (χ1) is 10.3. The van der Waals surface area contributed by atoms with Crippen molar-refractivity contribution in [1.29, 1.82) is 0 Å². The van der Waals surface area contributed by atoms with Crippen LogP contribution in [-0.4, -0.2) is 15.5 Å². The summed E-state index contributed by atoms with van der Waals surface area (Å²) < 4.78 is 33.1. The van der Waals surface area contributed by atoms with E-state index in [1.54, 1.807) is 37.4 Å². The zero-order chi connectivity index (χ0) is 16.3. The first kappa shape index (κ1) is 16.4. The maximum atomic E-state index is 12.6. The van der Waals surface area contributed by atoms with Crippen LogP contribution < -0.4 is 9.46 Å². The second-order valence-electron chi connectivity index (χ2n) is 5.48. The fourth-order valence-electron chi connectivity index (χ4n) is 2.22. The summed E-state index contributed by atoms with van der Waals surface area (Å²) in [6.07, 6.45) is 0. The lowest BCUT2D eigenvalue weighted by Gasteiger charge is -2.15. The average Bonchev–Trinajstić information content (AvgIpc) is 2.48. The van der Waals surface area contributed by atoms with Crippen molar-refractivity contribution in [3.8, 4) is 5.75 Å². The van der Waals surface area contributed by atoms with Gasteiger partial charge < -0.3 is 4.74 Å². The van der Waals surface area contributed by atoms with Crippen molar-refractivity contribution in [3.63, 3.8) is 0 Å². The van der Waals surface area contributed by atoms with Crippen LogP contribution in [0.2, 0.25) is 0 Å². The lowest BCUT2D eigenvalue weighted by molar-refractivity contribution is 0.407. The van der Waals surface area contributed by atoms with E-state index >= 15 is 0 Å². The van der Waals surface area contributed by atoms with E-state index in [-0.39, 0.29) is 10.8 Å². The Morgan fingerprint density at radius 1 is 1.09 bits per heavy atom. The quantitative estimate of drug-likeness (QED) is 0.908. The summed E-state index contributed by atoms with van der Waals surface area (Å²) in [4.78, 5) is 0.236. The molecule has 2 aromatic carbocycles. The van der Waals surface area contributed by atoms with Crippen LogP contribution in [0.25, 0.3) is 0 Å². The molecule has 118 valence electrons. The van der Waals surface area contributed by atoms with Gasteiger partial charge >= 0.3 is 0 Å². The normalized spacial score (nSPS) is 11.5. The number of para-hydroxylation sites is 1. The molecule has 22 heavy (non-hydrogen) atoms. The van der Waals surface area contributed by atoms with Crippen LogP contribution in [0, 0.1) is 6.92 Å². The summed E-state index contributed by atoms with van der Waals surface area (Å²) in [6, 6.07) is 12.2. The Morgan fingerprint density at radius 2 is 1.77 bits per heavy atom. The summed E-state index contributed by atoms with van der Waals surface area (Å²) in [7, 11) is -2.04. The van der Waals surface area contributed by atoms with Gasteiger partial charge in [-0.2, -0.15) is 0 Å². The third-order valence-corrected chi connectivity index (χ3v) is 4.89. The molecule has 0 heterocycles. The van der Waals surface area contributed by atoms with E-state index in [1.807, 2.05) is 32.9 Å². The minimum absolute atomic E-state index is 0.170. The Kier molecular flexibility index (Phi) is 4.76. The summed E-state index contributed by atoms with van der Waals surface area (Å²) in [6.45, 7) is 5.87. The fourth-order valence-corrected chi connectivity index (χ4v) is 3.39. The Labute approximate surface area is 132 Å². The van der Waals surface area contributed by atoms with E-state index < -0.39 is 10.0 Å². The van der Waals surface area contributed by atoms with Gasteiger partial charge in [-0.05, 0) is 48.2 Å². The average molecular weight is 319 g/mol. The molecule has 0 spiro atoms. The number of rotatable bonds is 5. The van der Waals surface area contributed by atoms with E-state index in [2.05, 4.69) is 4.72 Å². The van der Waals surface area contributed by atoms with Gasteiger partial charge in [0.2, 0.25) is 0 Å². The van der Waals surface area contributed by atoms with Crippen LogP contribution in [0.1, 0.15) is 30.9 Å². The summed E-state index contributed by atoms with van der Waals surface area (Å²) >= 11 is 0.